The van der Waals surface area contributed by atoms with Crippen LogP contribution in [0.5, 0.6) is 0 Å². The van der Waals surface area contributed by atoms with Crippen LogP contribution in [-0.4, -0.2) is 59.1 Å². The topological polar surface area (TPSA) is 78.0 Å². The molecule has 2 aromatic rings. The van der Waals surface area contributed by atoms with Crippen molar-refractivity contribution in [1.29, 1.82) is 0 Å². The summed E-state index contributed by atoms with van der Waals surface area (Å²) in [5, 5.41) is 1.83. The highest BCUT2D eigenvalue weighted by atomic mass is 32.1. The van der Waals surface area contributed by atoms with Crippen LogP contribution in [0.3, 0.4) is 0 Å². The highest BCUT2D eigenvalue weighted by Crippen LogP contribution is 2.28. The van der Waals surface area contributed by atoms with Gasteiger partial charge in [-0.15, -0.1) is 11.3 Å². The smallest absolute Gasteiger partial charge is 0.332 e. The van der Waals surface area contributed by atoms with E-state index in [0.717, 1.165) is 4.90 Å². The standard InChI is InChI=1S/C19H17N3O4S/c1-12(23)13-4-6-14(7-5-13)22-17(24)15-11-20(8-9-21(15)19(22)26)18(25)16-3-2-10-27-16/h2-7,10,15H,8-9,11H2,1H3/t15-/m0/s1. The number of thiophene rings is 1. The predicted octanol–water partition coefficient (Wildman–Crippen LogP) is 2.24. The molecule has 0 unspecified atom stereocenters. The number of carbonyl (C=O) groups is 4. The van der Waals surface area contributed by atoms with Gasteiger partial charge >= 0.3 is 6.03 Å². The van der Waals surface area contributed by atoms with Gasteiger partial charge in [0.1, 0.15) is 6.04 Å². The van der Waals surface area contributed by atoms with Crippen LogP contribution in [0.1, 0.15) is 27.0 Å². The van der Waals surface area contributed by atoms with Crippen molar-refractivity contribution in [2.75, 3.05) is 24.5 Å². The normalized spacial score (nSPS) is 19.4. The maximum atomic E-state index is 12.9. The molecule has 2 aliphatic heterocycles. The van der Waals surface area contributed by atoms with E-state index >= 15 is 0 Å². The fraction of sp³-hybridized carbons (Fsp3) is 0.263. The first kappa shape index (κ1) is 17.4. The number of rotatable bonds is 3. The monoisotopic (exact) mass is 383 g/mol. The summed E-state index contributed by atoms with van der Waals surface area (Å²) in [7, 11) is 0. The molecule has 27 heavy (non-hydrogen) atoms. The summed E-state index contributed by atoms with van der Waals surface area (Å²) in [5.74, 6) is -0.547. The number of amides is 4. The Morgan fingerprint density at radius 3 is 2.44 bits per heavy atom. The van der Waals surface area contributed by atoms with E-state index in [1.54, 1.807) is 35.2 Å². The minimum absolute atomic E-state index is 0.0826. The van der Waals surface area contributed by atoms with Crippen LogP contribution < -0.4 is 4.90 Å². The van der Waals surface area contributed by atoms with E-state index in [2.05, 4.69) is 0 Å². The molecule has 3 heterocycles. The molecule has 138 valence electrons. The van der Waals surface area contributed by atoms with Crippen molar-refractivity contribution < 1.29 is 19.2 Å². The van der Waals surface area contributed by atoms with E-state index < -0.39 is 6.04 Å². The first-order chi connectivity index (χ1) is 13.0. The highest BCUT2D eigenvalue weighted by molar-refractivity contribution is 7.12. The first-order valence-electron chi connectivity index (χ1n) is 8.55. The van der Waals surface area contributed by atoms with E-state index in [4.69, 9.17) is 0 Å². The third-order valence-corrected chi connectivity index (χ3v) is 5.73. The van der Waals surface area contributed by atoms with E-state index in [-0.39, 0.29) is 30.2 Å². The number of nitrogens with zero attached hydrogens (tertiary/aromatic N) is 3. The van der Waals surface area contributed by atoms with Crippen molar-refractivity contribution in [2.24, 2.45) is 0 Å². The van der Waals surface area contributed by atoms with Crippen LogP contribution in [-0.2, 0) is 4.79 Å². The Kier molecular flexibility index (Phi) is 4.27. The van der Waals surface area contributed by atoms with E-state index in [0.29, 0.717) is 29.2 Å². The van der Waals surface area contributed by atoms with E-state index in [9.17, 15) is 19.2 Å². The third kappa shape index (κ3) is 2.91. The SMILES string of the molecule is CC(=O)c1ccc(N2C(=O)[C@@H]3CN(C(=O)c4cccs4)CCN3C2=O)cc1. The molecule has 0 aliphatic carbocycles. The lowest BCUT2D eigenvalue weighted by Gasteiger charge is -2.35. The number of imide groups is 1. The van der Waals surface area contributed by atoms with Gasteiger partial charge in [-0.25, -0.2) is 9.69 Å². The number of benzene rings is 1. The number of hydrogen-bond acceptors (Lipinski definition) is 5. The fourth-order valence-corrected chi connectivity index (χ4v) is 4.11. The lowest BCUT2D eigenvalue weighted by Crippen LogP contribution is -2.54. The van der Waals surface area contributed by atoms with Crippen LogP contribution >= 0.6 is 11.3 Å². The van der Waals surface area contributed by atoms with Gasteiger partial charge in [0.05, 0.1) is 17.1 Å². The van der Waals surface area contributed by atoms with Gasteiger partial charge < -0.3 is 9.80 Å². The Balaban J connectivity index is 1.55. The Bertz CT molecular complexity index is 923. The van der Waals surface area contributed by atoms with Gasteiger partial charge in [-0.1, -0.05) is 6.07 Å². The van der Waals surface area contributed by atoms with Crippen molar-refractivity contribution >= 4 is 40.7 Å². The number of carbonyl (C=O) groups excluding carboxylic acids is 4. The molecule has 2 fully saturated rings. The van der Waals surface area contributed by atoms with Crippen molar-refractivity contribution in [3.05, 3.63) is 52.2 Å². The Labute approximate surface area is 159 Å². The number of urea groups is 1. The quantitative estimate of drug-likeness (QED) is 0.602. The Morgan fingerprint density at radius 1 is 1.07 bits per heavy atom. The van der Waals surface area contributed by atoms with Crippen LogP contribution in [0.25, 0.3) is 0 Å². The molecule has 0 spiro atoms. The maximum absolute atomic E-state index is 12.9. The van der Waals surface area contributed by atoms with Gasteiger partial charge in [0.2, 0.25) is 0 Å². The van der Waals surface area contributed by atoms with Gasteiger partial charge in [-0.3, -0.25) is 14.4 Å². The van der Waals surface area contributed by atoms with Gasteiger partial charge in [-0.2, -0.15) is 0 Å². The Morgan fingerprint density at radius 2 is 1.81 bits per heavy atom. The number of ketones is 1. The largest absolute Gasteiger partial charge is 0.334 e. The molecule has 1 aromatic heterocycles. The molecule has 8 heteroatoms. The molecule has 2 saturated heterocycles. The second-order valence-electron chi connectivity index (χ2n) is 6.50. The zero-order valence-electron chi connectivity index (χ0n) is 14.6. The second-order valence-corrected chi connectivity index (χ2v) is 7.44. The van der Waals surface area contributed by atoms with Crippen LogP contribution in [0, 0.1) is 0 Å². The van der Waals surface area contributed by atoms with Crippen LogP contribution in [0.2, 0.25) is 0 Å². The van der Waals surface area contributed by atoms with Crippen molar-refractivity contribution in [3.63, 3.8) is 0 Å². The summed E-state index contributed by atoms with van der Waals surface area (Å²) in [4.78, 5) is 54.5. The summed E-state index contributed by atoms with van der Waals surface area (Å²) in [6, 6.07) is 8.89. The van der Waals surface area contributed by atoms with Crippen LogP contribution in [0.4, 0.5) is 10.5 Å². The number of Topliss-reactive ketones (excluding diaryl/α,β-unsaturated/α-hetero) is 1. The lowest BCUT2D eigenvalue weighted by molar-refractivity contribution is -0.120. The molecule has 4 amide bonds. The number of anilines is 1. The summed E-state index contributed by atoms with van der Waals surface area (Å²) in [5.41, 5.74) is 0.948. The molecule has 0 N–H and O–H groups in total. The average molecular weight is 383 g/mol. The number of hydrogen-bond donors (Lipinski definition) is 0. The van der Waals surface area contributed by atoms with Gasteiger partial charge in [0, 0.05) is 18.7 Å². The molecule has 7 nitrogen and oxygen atoms in total. The van der Waals surface area contributed by atoms with Crippen LogP contribution in [0.15, 0.2) is 41.8 Å². The highest BCUT2D eigenvalue weighted by Gasteiger charge is 2.49. The summed E-state index contributed by atoms with van der Waals surface area (Å²) < 4.78 is 0. The Hall–Kier alpha value is -3.00. The maximum Gasteiger partial charge on any atom is 0.332 e. The van der Waals surface area contributed by atoms with Crippen molar-refractivity contribution in [2.45, 2.75) is 13.0 Å². The summed E-state index contributed by atoms with van der Waals surface area (Å²) in [6.45, 7) is 2.35. The lowest BCUT2D eigenvalue weighted by atomic mass is 10.1. The van der Waals surface area contributed by atoms with Gasteiger partial charge in [0.25, 0.3) is 11.8 Å². The first-order valence-corrected chi connectivity index (χ1v) is 9.43. The summed E-state index contributed by atoms with van der Waals surface area (Å²) >= 11 is 1.36. The number of fused-ring (bicyclic) bond motifs is 1. The number of piperazine rings is 1. The van der Waals surface area contributed by atoms with Crippen molar-refractivity contribution in [3.8, 4) is 0 Å². The average Bonchev–Trinajstić information content (AvgIpc) is 3.29. The van der Waals surface area contributed by atoms with E-state index in [1.165, 1.54) is 23.2 Å². The zero-order valence-corrected chi connectivity index (χ0v) is 15.4. The molecule has 0 radical (unpaired) electrons. The fourth-order valence-electron chi connectivity index (χ4n) is 3.42. The molecule has 2 aliphatic rings. The van der Waals surface area contributed by atoms with E-state index in [1.807, 2.05) is 11.4 Å². The molecule has 0 saturated carbocycles. The minimum atomic E-state index is -0.678. The molecule has 0 bridgehead atoms. The van der Waals surface area contributed by atoms with Gasteiger partial charge in [0.15, 0.2) is 5.78 Å². The third-order valence-electron chi connectivity index (χ3n) is 4.87. The zero-order chi connectivity index (χ0) is 19.1. The summed E-state index contributed by atoms with van der Waals surface area (Å²) in [6.07, 6.45) is 0. The molecular formula is C19H17N3O4S. The molecule has 4 rings (SSSR count). The molecule has 1 aromatic carbocycles. The molecular weight excluding hydrogens is 366 g/mol. The predicted molar refractivity (Wildman–Crippen MR) is 100 cm³/mol. The molecule has 1 atom stereocenters. The van der Waals surface area contributed by atoms with Gasteiger partial charge in [-0.05, 0) is 42.6 Å². The van der Waals surface area contributed by atoms with Crippen molar-refractivity contribution in [1.82, 2.24) is 9.80 Å². The minimum Gasteiger partial charge on any atom is -0.334 e. The second kappa shape index (κ2) is 6.62.